The van der Waals surface area contributed by atoms with Gasteiger partial charge in [-0.3, -0.25) is 9.59 Å². The van der Waals surface area contributed by atoms with Gasteiger partial charge < -0.3 is 14.2 Å². The molecule has 0 aromatic heterocycles. The molecule has 164 valence electrons. The number of benzene rings is 1. The molecule has 3 fully saturated rings. The van der Waals surface area contributed by atoms with Gasteiger partial charge in [0.15, 0.2) is 0 Å². The molecule has 1 aromatic carbocycles. The molecule has 1 aliphatic heterocycles. The highest BCUT2D eigenvalue weighted by molar-refractivity contribution is 5.89. The number of ether oxygens (including phenoxy) is 3. The summed E-state index contributed by atoms with van der Waals surface area (Å²) in [5.74, 6) is 0.902. The van der Waals surface area contributed by atoms with Gasteiger partial charge in [0.2, 0.25) is 0 Å². The Morgan fingerprint density at radius 2 is 1.37 bits per heavy atom. The van der Waals surface area contributed by atoms with Crippen LogP contribution in [0.25, 0.3) is 0 Å². The highest BCUT2D eigenvalue weighted by Crippen LogP contribution is 2.56. The van der Waals surface area contributed by atoms with Crippen LogP contribution in [0.1, 0.15) is 64.9 Å². The summed E-state index contributed by atoms with van der Waals surface area (Å²) in [6, 6.07) is 5.68. The summed E-state index contributed by atoms with van der Waals surface area (Å²) in [5.41, 5.74) is 0.705. The number of carbonyl (C=O) groups excluding carboxylic acids is 2. The normalized spacial score (nSPS) is 34.7. The molecule has 4 rings (SSSR count). The maximum Gasteiger partial charge on any atom is 0.139 e. The SMILES string of the molecule is COc1ccc(OC)c(C2C3C(=O)CC(C)(C)CC3OC3CC(C)(C)CC(=O)C32)c1. The Morgan fingerprint density at radius 1 is 0.833 bits per heavy atom. The van der Waals surface area contributed by atoms with Gasteiger partial charge in [0.25, 0.3) is 0 Å². The van der Waals surface area contributed by atoms with Crippen molar-refractivity contribution >= 4 is 11.6 Å². The molecule has 0 bridgehead atoms. The molecule has 4 atom stereocenters. The molecule has 0 radical (unpaired) electrons. The Hall–Kier alpha value is -1.88. The topological polar surface area (TPSA) is 61.8 Å². The van der Waals surface area contributed by atoms with Crippen LogP contribution in [0.3, 0.4) is 0 Å². The summed E-state index contributed by atoms with van der Waals surface area (Å²) in [4.78, 5) is 26.9. The summed E-state index contributed by atoms with van der Waals surface area (Å²) in [5, 5.41) is 0. The van der Waals surface area contributed by atoms with Gasteiger partial charge in [-0.15, -0.1) is 0 Å². The van der Waals surface area contributed by atoms with Crippen LogP contribution < -0.4 is 9.47 Å². The van der Waals surface area contributed by atoms with Crippen LogP contribution >= 0.6 is 0 Å². The summed E-state index contributed by atoms with van der Waals surface area (Å²) in [6.07, 6.45) is 2.32. The molecule has 2 aliphatic carbocycles. The average Bonchev–Trinajstić information content (AvgIpc) is 2.63. The third-order valence-corrected chi connectivity index (χ3v) is 7.28. The Morgan fingerprint density at radius 3 is 1.83 bits per heavy atom. The number of carbonyl (C=O) groups is 2. The highest BCUT2D eigenvalue weighted by atomic mass is 16.5. The molecule has 30 heavy (non-hydrogen) atoms. The van der Waals surface area contributed by atoms with Crippen molar-refractivity contribution in [1.82, 2.24) is 0 Å². The van der Waals surface area contributed by atoms with Gasteiger partial charge in [-0.25, -0.2) is 0 Å². The predicted octanol–water partition coefficient (Wildman–Crippen LogP) is 4.57. The fourth-order valence-electron chi connectivity index (χ4n) is 6.14. The van der Waals surface area contributed by atoms with Gasteiger partial charge in [-0.1, -0.05) is 27.7 Å². The smallest absolute Gasteiger partial charge is 0.139 e. The molecule has 1 heterocycles. The van der Waals surface area contributed by atoms with E-state index in [0.717, 1.165) is 18.4 Å². The third kappa shape index (κ3) is 3.66. The van der Waals surface area contributed by atoms with E-state index in [4.69, 9.17) is 14.2 Å². The largest absolute Gasteiger partial charge is 0.497 e. The number of Topliss-reactive ketones (excluding diaryl/α,β-unsaturated/α-hetero) is 2. The molecule has 1 saturated heterocycles. The first kappa shape index (κ1) is 21.4. The van der Waals surface area contributed by atoms with E-state index in [-0.39, 0.29) is 52.4 Å². The van der Waals surface area contributed by atoms with Crippen LogP contribution in [0, 0.1) is 22.7 Å². The number of ketones is 2. The monoisotopic (exact) mass is 414 g/mol. The quantitative estimate of drug-likeness (QED) is 0.725. The minimum absolute atomic E-state index is 0.0949. The van der Waals surface area contributed by atoms with Gasteiger partial charge in [-0.2, -0.15) is 0 Å². The van der Waals surface area contributed by atoms with E-state index in [9.17, 15) is 9.59 Å². The van der Waals surface area contributed by atoms with Crippen molar-refractivity contribution in [2.24, 2.45) is 22.7 Å². The van der Waals surface area contributed by atoms with Gasteiger partial charge in [0.05, 0.1) is 38.3 Å². The second-order valence-corrected chi connectivity index (χ2v) is 10.9. The first-order chi connectivity index (χ1) is 14.0. The van der Waals surface area contributed by atoms with Gasteiger partial charge in [0, 0.05) is 24.3 Å². The van der Waals surface area contributed by atoms with Gasteiger partial charge in [-0.05, 0) is 41.9 Å². The molecule has 0 amide bonds. The van der Waals surface area contributed by atoms with Gasteiger partial charge in [0.1, 0.15) is 23.1 Å². The summed E-state index contributed by atoms with van der Waals surface area (Å²) >= 11 is 0. The first-order valence-electron chi connectivity index (χ1n) is 11.0. The number of methoxy groups -OCH3 is 2. The van der Waals surface area contributed by atoms with E-state index in [2.05, 4.69) is 27.7 Å². The number of fused-ring (bicyclic) bond motifs is 2. The fourth-order valence-corrected chi connectivity index (χ4v) is 6.14. The van der Waals surface area contributed by atoms with Crippen molar-refractivity contribution in [2.75, 3.05) is 14.2 Å². The van der Waals surface area contributed by atoms with Crippen molar-refractivity contribution in [3.63, 3.8) is 0 Å². The van der Waals surface area contributed by atoms with Crippen LogP contribution in [0.2, 0.25) is 0 Å². The molecule has 5 heteroatoms. The highest BCUT2D eigenvalue weighted by Gasteiger charge is 2.58. The lowest BCUT2D eigenvalue weighted by atomic mass is 9.56. The van der Waals surface area contributed by atoms with Crippen LogP contribution in [-0.2, 0) is 14.3 Å². The second-order valence-electron chi connectivity index (χ2n) is 10.9. The van der Waals surface area contributed by atoms with E-state index in [1.54, 1.807) is 14.2 Å². The summed E-state index contributed by atoms with van der Waals surface area (Å²) in [6.45, 7) is 8.53. The molecule has 0 spiro atoms. The molecule has 5 nitrogen and oxygen atoms in total. The standard InChI is InChI=1S/C25H34O5/c1-24(2)10-16(26)22-19(12-24)30-20-13-25(3,4)11-17(27)23(20)21(22)15-9-14(28-5)7-8-18(15)29-6/h7-9,19-23H,10-13H2,1-6H3. The lowest BCUT2D eigenvalue weighted by molar-refractivity contribution is -0.186. The summed E-state index contributed by atoms with van der Waals surface area (Å²) < 4.78 is 17.7. The van der Waals surface area contributed by atoms with Crippen molar-refractivity contribution in [1.29, 1.82) is 0 Å². The van der Waals surface area contributed by atoms with Crippen LogP contribution in [-0.4, -0.2) is 38.0 Å². The number of hydrogen-bond donors (Lipinski definition) is 0. The molecule has 2 saturated carbocycles. The minimum Gasteiger partial charge on any atom is -0.497 e. The Bertz CT molecular complexity index is 813. The van der Waals surface area contributed by atoms with Crippen molar-refractivity contribution in [2.45, 2.75) is 71.5 Å². The van der Waals surface area contributed by atoms with E-state index in [1.807, 2.05) is 18.2 Å². The van der Waals surface area contributed by atoms with E-state index < -0.39 is 0 Å². The number of hydrogen-bond acceptors (Lipinski definition) is 5. The zero-order valence-corrected chi connectivity index (χ0v) is 19.0. The second kappa shape index (κ2) is 7.37. The molecule has 3 aliphatic rings. The molecule has 1 aromatic rings. The van der Waals surface area contributed by atoms with Crippen LogP contribution in [0.4, 0.5) is 0 Å². The lowest BCUT2D eigenvalue weighted by Crippen LogP contribution is -2.58. The van der Waals surface area contributed by atoms with E-state index >= 15 is 0 Å². The minimum atomic E-state index is -0.328. The lowest BCUT2D eigenvalue weighted by Gasteiger charge is -2.54. The van der Waals surface area contributed by atoms with Crippen LogP contribution in [0.15, 0.2) is 18.2 Å². The Balaban J connectivity index is 1.86. The van der Waals surface area contributed by atoms with E-state index in [1.165, 1.54) is 0 Å². The zero-order chi connectivity index (χ0) is 21.8. The molecular weight excluding hydrogens is 380 g/mol. The first-order valence-corrected chi connectivity index (χ1v) is 11.0. The Kier molecular flexibility index (Phi) is 5.24. The van der Waals surface area contributed by atoms with Crippen molar-refractivity contribution < 1.29 is 23.8 Å². The average molecular weight is 415 g/mol. The van der Waals surface area contributed by atoms with Crippen LogP contribution in [0.5, 0.6) is 11.5 Å². The molecular formula is C25H34O5. The third-order valence-electron chi connectivity index (χ3n) is 7.28. The Labute approximate surface area is 179 Å². The number of rotatable bonds is 3. The van der Waals surface area contributed by atoms with E-state index in [0.29, 0.717) is 24.3 Å². The van der Waals surface area contributed by atoms with Gasteiger partial charge >= 0.3 is 0 Å². The molecule has 0 N–H and O–H groups in total. The fraction of sp³-hybridized carbons (Fsp3) is 0.680. The maximum absolute atomic E-state index is 13.4. The maximum atomic E-state index is 13.4. The van der Waals surface area contributed by atoms with Crippen molar-refractivity contribution in [3.05, 3.63) is 23.8 Å². The van der Waals surface area contributed by atoms with Crippen molar-refractivity contribution in [3.8, 4) is 11.5 Å². The zero-order valence-electron chi connectivity index (χ0n) is 19.0. The summed E-state index contributed by atoms with van der Waals surface area (Å²) in [7, 11) is 3.26. The molecule has 4 unspecified atom stereocenters. The predicted molar refractivity (Wildman–Crippen MR) is 114 cm³/mol.